The summed E-state index contributed by atoms with van der Waals surface area (Å²) in [7, 11) is -3.66. The topological polar surface area (TPSA) is 52.6 Å². The summed E-state index contributed by atoms with van der Waals surface area (Å²) in [6.45, 7) is 2.93. The zero-order valence-electron chi connectivity index (χ0n) is 11.9. The predicted octanol–water partition coefficient (Wildman–Crippen LogP) is 4.32. The number of rotatable bonds is 6. The van der Waals surface area contributed by atoms with Gasteiger partial charge in [0.1, 0.15) is 22.9 Å². The van der Waals surface area contributed by atoms with Crippen molar-refractivity contribution in [2.75, 3.05) is 0 Å². The predicted molar refractivity (Wildman–Crippen MR) is 81.9 cm³/mol. The molecular formula is C16H17O4P. The molecule has 0 aromatic heterocycles. The summed E-state index contributed by atoms with van der Waals surface area (Å²) in [4.78, 5) is 11.6. The maximum Gasteiger partial charge on any atom is 0.440 e. The zero-order chi connectivity index (χ0) is 15.3. The van der Waals surface area contributed by atoms with Crippen LogP contribution >= 0.6 is 7.60 Å². The molecule has 0 bridgehead atoms. The normalized spacial score (nSPS) is 12.5. The standard InChI is InChI=1S/C16H17O4P/c1-13(17)14(2)21(18,19-15-9-5-3-6-10-15)20-16-11-7-4-8-12-16/h3-12,14H,1-2H3. The molecule has 1 atom stereocenters. The van der Waals surface area contributed by atoms with Gasteiger partial charge in [-0.05, 0) is 38.1 Å². The molecule has 2 aromatic rings. The van der Waals surface area contributed by atoms with E-state index in [0.29, 0.717) is 11.5 Å². The summed E-state index contributed by atoms with van der Waals surface area (Å²) in [6.07, 6.45) is 0. The van der Waals surface area contributed by atoms with Gasteiger partial charge in [0.15, 0.2) is 0 Å². The van der Waals surface area contributed by atoms with E-state index in [1.165, 1.54) is 6.92 Å². The first kappa shape index (κ1) is 15.3. The lowest BCUT2D eigenvalue weighted by Gasteiger charge is -2.23. The van der Waals surface area contributed by atoms with E-state index in [1.807, 2.05) is 12.1 Å². The lowest BCUT2D eigenvalue weighted by atomic mass is 10.3. The molecule has 4 nitrogen and oxygen atoms in total. The van der Waals surface area contributed by atoms with Crippen LogP contribution in [0.3, 0.4) is 0 Å². The molecule has 0 amide bonds. The van der Waals surface area contributed by atoms with Crippen LogP contribution in [0.5, 0.6) is 11.5 Å². The van der Waals surface area contributed by atoms with Gasteiger partial charge in [-0.15, -0.1) is 0 Å². The van der Waals surface area contributed by atoms with Crippen molar-refractivity contribution < 1.29 is 18.4 Å². The summed E-state index contributed by atoms with van der Waals surface area (Å²) in [5.41, 5.74) is -0.849. The summed E-state index contributed by atoms with van der Waals surface area (Å²) >= 11 is 0. The van der Waals surface area contributed by atoms with Crippen LogP contribution in [0.2, 0.25) is 0 Å². The molecule has 1 unspecified atom stereocenters. The number of carbonyl (C=O) groups excluding carboxylic acids is 1. The van der Waals surface area contributed by atoms with Gasteiger partial charge < -0.3 is 9.05 Å². The SMILES string of the molecule is CC(=O)C(C)P(=O)(Oc1ccccc1)Oc1ccccc1. The summed E-state index contributed by atoms with van der Waals surface area (Å²) in [5, 5.41) is 0. The number of hydrogen-bond acceptors (Lipinski definition) is 4. The van der Waals surface area contributed by atoms with Gasteiger partial charge >= 0.3 is 7.60 Å². The van der Waals surface area contributed by atoms with Gasteiger partial charge in [-0.3, -0.25) is 4.79 Å². The Labute approximate surface area is 124 Å². The second-order valence-corrected chi connectivity index (χ2v) is 6.85. The van der Waals surface area contributed by atoms with Gasteiger partial charge in [0.2, 0.25) is 0 Å². The van der Waals surface area contributed by atoms with Gasteiger partial charge in [-0.1, -0.05) is 36.4 Å². The molecule has 0 N–H and O–H groups in total. The number of carbonyl (C=O) groups is 1. The van der Waals surface area contributed by atoms with Gasteiger partial charge in [0, 0.05) is 0 Å². The number of Topliss-reactive ketones (excluding diaryl/α,β-unsaturated/α-hetero) is 1. The highest BCUT2D eigenvalue weighted by Crippen LogP contribution is 2.52. The van der Waals surface area contributed by atoms with Crippen LogP contribution in [0.1, 0.15) is 13.8 Å². The highest BCUT2D eigenvalue weighted by molar-refractivity contribution is 7.56. The lowest BCUT2D eigenvalue weighted by molar-refractivity contribution is -0.116. The van der Waals surface area contributed by atoms with Gasteiger partial charge in [-0.2, -0.15) is 0 Å². The van der Waals surface area contributed by atoms with E-state index in [4.69, 9.17) is 9.05 Å². The smallest absolute Gasteiger partial charge is 0.416 e. The minimum atomic E-state index is -3.66. The highest BCUT2D eigenvalue weighted by atomic mass is 31.2. The monoisotopic (exact) mass is 304 g/mol. The molecule has 0 spiro atoms. The average Bonchev–Trinajstić information content (AvgIpc) is 2.48. The van der Waals surface area contributed by atoms with Crippen molar-refractivity contribution in [1.82, 2.24) is 0 Å². The number of hydrogen-bond donors (Lipinski definition) is 0. The largest absolute Gasteiger partial charge is 0.440 e. The first-order chi connectivity index (χ1) is 10.0. The Hall–Kier alpha value is -2.06. The molecule has 0 aliphatic rings. The molecule has 0 saturated heterocycles. The van der Waals surface area contributed by atoms with Crippen molar-refractivity contribution in [3.8, 4) is 11.5 Å². The van der Waals surface area contributed by atoms with Crippen molar-refractivity contribution in [3.05, 3.63) is 60.7 Å². The van der Waals surface area contributed by atoms with E-state index in [1.54, 1.807) is 55.5 Å². The summed E-state index contributed by atoms with van der Waals surface area (Å²) in [5.74, 6) is 0.569. The van der Waals surface area contributed by atoms with Crippen molar-refractivity contribution in [1.29, 1.82) is 0 Å². The van der Waals surface area contributed by atoms with Crippen LogP contribution in [0.25, 0.3) is 0 Å². The maximum absolute atomic E-state index is 13.0. The van der Waals surface area contributed by atoms with Gasteiger partial charge in [0.25, 0.3) is 0 Å². The Kier molecular flexibility index (Phi) is 4.81. The van der Waals surface area contributed by atoms with E-state index >= 15 is 0 Å². The quantitative estimate of drug-likeness (QED) is 0.746. The molecule has 110 valence electrons. The molecule has 0 aliphatic heterocycles. The minimum absolute atomic E-state index is 0.245. The molecule has 21 heavy (non-hydrogen) atoms. The molecule has 2 rings (SSSR count). The Morgan fingerprint density at radius 3 is 1.62 bits per heavy atom. The van der Waals surface area contributed by atoms with Crippen LogP contribution in [-0.4, -0.2) is 11.4 Å². The van der Waals surface area contributed by atoms with Crippen molar-refractivity contribution in [2.24, 2.45) is 0 Å². The van der Waals surface area contributed by atoms with Crippen LogP contribution in [0.4, 0.5) is 0 Å². The van der Waals surface area contributed by atoms with Crippen molar-refractivity contribution in [3.63, 3.8) is 0 Å². The molecule has 0 radical (unpaired) electrons. The second-order valence-electron chi connectivity index (χ2n) is 4.64. The Morgan fingerprint density at radius 2 is 1.29 bits per heavy atom. The number of ketones is 1. The third kappa shape index (κ3) is 3.96. The minimum Gasteiger partial charge on any atom is -0.416 e. The fourth-order valence-electron chi connectivity index (χ4n) is 1.66. The molecular weight excluding hydrogens is 287 g/mol. The molecule has 2 aromatic carbocycles. The zero-order valence-corrected chi connectivity index (χ0v) is 12.8. The molecule has 0 aliphatic carbocycles. The van der Waals surface area contributed by atoms with Crippen LogP contribution in [0, 0.1) is 0 Å². The maximum atomic E-state index is 13.0. The van der Waals surface area contributed by atoms with E-state index in [2.05, 4.69) is 0 Å². The van der Waals surface area contributed by atoms with Crippen LogP contribution in [-0.2, 0) is 9.36 Å². The van der Waals surface area contributed by atoms with Crippen molar-refractivity contribution in [2.45, 2.75) is 19.5 Å². The van der Waals surface area contributed by atoms with Gasteiger partial charge in [-0.25, -0.2) is 4.57 Å². The fourth-order valence-corrected chi connectivity index (χ4v) is 3.29. The first-order valence-corrected chi connectivity index (χ1v) is 8.22. The van der Waals surface area contributed by atoms with Gasteiger partial charge in [0.05, 0.1) is 0 Å². The van der Waals surface area contributed by atoms with E-state index in [0.717, 1.165) is 0 Å². The molecule has 0 heterocycles. The highest BCUT2D eigenvalue weighted by Gasteiger charge is 2.39. The van der Waals surface area contributed by atoms with E-state index in [-0.39, 0.29) is 5.78 Å². The van der Waals surface area contributed by atoms with Crippen LogP contribution in [0.15, 0.2) is 60.7 Å². The van der Waals surface area contributed by atoms with Crippen molar-refractivity contribution >= 4 is 13.4 Å². The fraction of sp³-hybridized carbons (Fsp3) is 0.188. The average molecular weight is 304 g/mol. The molecule has 0 fully saturated rings. The molecule has 0 saturated carbocycles. The van der Waals surface area contributed by atoms with E-state index < -0.39 is 13.3 Å². The summed E-state index contributed by atoms with van der Waals surface area (Å²) in [6, 6.07) is 17.4. The number of para-hydroxylation sites is 2. The molecule has 5 heteroatoms. The Bertz CT molecular complexity index is 594. The Morgan fingerprint density at radius 1 is 0.905 bits per heavy atom. The van der Waals surface area contributed by atoms with Crippen LogP contribution < -0.4 is 9.05 Å². The third-order valence-corrected chi connectivity index (χ3v) is 5.26. The Balaban J connectivity index is 2.30. The third-order valence-electron chi connectivity index (χ3n) is 3.01. The van der Waals surface area contributed by atoms with E-state index in [9.17, 15) is 9.36 Å². The summed E-state index contributed by atoms with van der Waals surface area (Å²) < 4.78 is 24.1. The lowest BCUT2D eigenvalue weighted by Crippen LogP contribution is -2.20. The number of benzene rings is 2. The first-order valence-electron chi connectivity index (χ1n) is 6.61. The second kappa shape index (κ2) is 6.59.